The fraction of sp³-hybridized carbons (Fsp3) is 0.238. The third-order valence-corrected chi connectivity index (χ3v) is 3.90. The van der Waals surface area contributed by atoms with Gasteiger partial charge < -0.3 is 21.0 Å². The normalized spacial score (nSPS) is 10.7. The van der Waals surface area contributed by atoms with Crippen molar-refractivity contribution in [1.29, 1.82) is 0 Å². The van der Waals surface area contributed by atoms with E-state index in [0.29, 0.717) is 18.0 Å². The Balaban J connectivity index is 0.000000345. The van der Waals surface area contributed by atoms with Crippen molar-refractivity contribution in [2.75, 3.05) is 11.2 Å². The summed E-state index contributed by atoms with van der Waals surface area (Å²) in [4.78, 5) is 14.3. The molecule has 0 aliphatic heterocycles. The Labute approximate surface area is 164 Å². The molecule has 2 aromatic carbocycles. The third kappa shape index (κ3) is 5.59. The highest BCUT2D eigenvalue weighted by Crippen LogP contribution is 2.29. The Morgan fingerprint density at radius 3 is 2.39 bits per heavy atom. The number of carboxylic acid groups (broad SMARTS) is 1. The molecule has 0 spiro atoms. The molecular weight excluding hydrogens is 356 g/mol. The molecule has 0 fully saturated rings. The van der Waals surface area contributed by atoms with Crippen LogP contribution in [0.15, 0.2) is 54.7 Å². The SMILES string of the molecule is CC(C)(C)C(=O)O.NNc1c(N)cnc2cc(OCc3ccccc3)ccc12. The first-order valence-electron chi connectivity index (χ1n) is 8.77. The molecule has 3 rings (SSSR count). The summed E-state index contributed by atoms with van der Waals surface area (Å²) in [5, 5.41) is 9.12. The largest absolute Gasteiger partial charge is 0.489 e. The molecule has 0 atom stereocenters. The summed E-state index contributed by atoms with van der Waals surface area (Å²) in [6.45, 7) is 5.50. The fourth-order valence-electron chi connectivity index (χ4n) is 2.18. The second-order valence-corrected chi connectivity index (χ2v) is 7.24. The van der Waals surface area contributed by atoms with Crippen LogP contribution >= 0.6 is 0 Å². The number of ether oxygens (including phenoxy) is 1. The smallest absolute Gasteiger partial charge is 0.308 e. The Kier molecular flexibility index (Phi) is 6.79. The lowest BCUT2D eigenvalue weighted by atomic mass is 9.98. The van der Waals surface area contributed by atoms with E-state index in [1.54, 1.807) is 27.0 Å². The van der Waals surface area contributed by atoms with Crippen LogP contribution in [0.25, 0.3) is 10.9 Å². The van der Waals surface area contributed by atoms with Crippen LogP contribution in [0.1, 0.15) is 26.3 Å². The zero-order valence-electron chi connectivity index (χ0n) is 16.3. The number of nitrogens with zero attached hydrogens (tertiary/aromatic N) is 1. The molecule has 6 N–H and O–H groups in total. The molecule has 28 heavy (non-hydrogen) atoms. The van der Waals surface area contributed by atoms with E-state index in [9.17, 15) is 4.79 Å². The highest BCUT2D eigenvalue weighted by Gasteiger charge is 2.18. The Morgan fingerprint density at radius 2 is 1.82 bits per heavy atom. The van der Waals surface area contributed by atoms with Crippen LogP contribution < -0.4 is 21.7 Å². The Morgan fingerprint density at radius 1 is 1.18 bits per heavy atom. The maximum absolute atomic E-state index is 10.0. The predicted octanol–water partition coefficient (Wildman–Crippen LogP) is 3.80. The lowest BCUT2D eigenvalue weighted by Gasteiger charge is -2.10. The monoisotopic (exact) mass is 382 g/mol. The molecule has 3 aromatic rings. The standard InChI is InChI=1S/C16H16N4O.C5H10O2/c17-14-9-19-15-8-12(6-7-13(15)16(14)20-18)21-10-11-4-2-1-3-5-11;1-5(2,3)4(6)7/h1-9H,10,17-18H2,(H,19,20);1-3H3,(H,6,7). The molecule has 0 aliphatic rings. The summed E-state index contributed by atoms with van der Waals surface area (Å²) in [5.41, 5.74) is 11.0. The third-order valence-electron chi connectivity index (χ3n) is 3.90. The van der Waals surface area contributed by atoms with E-state index in [2.05, 4.69) is 10.4 Å². The minimum Gasteiger partial charge on any atom is -0.489 e. The molecule has 0 radical (unpaired) electrons. The first-order valence-corrected chi connectivity index (χ1v) is 8.77. The number of hydrazine groups is 1. The van der Waals surface area contributed by atoms with Crippen LogP contribution in [0, 0.1) is 5.41 Å². The zero-order valence-corrected chi connectivity index (χ0v) is 16.3. The number of aromatic nitrogens is 1. The Bertz CT molecular complexity index is 938. The minimum atomic E-state index is -0.757. The number of pyridine rings is 1. The molecule has 1 heterocycles. The lowest BCUT2D eigenvalue weighted by molar-refractivity contribution is -0.145. The van der Waals surface area contributed by atoms with E-state index >= 15 is 0 Å². The second-order valence-electron chi connectivity index (χ2n) is 7.24. The van der Waals surface area contributed by atoms with Gasteiger partial charge in [0, 0.05) is 11.5 Å². The van der Waals surface area contributed by atoms with Crippen molar-refractivity contribution in [1.82, 2.24) is 4.98 Å². The van der Waals surface area contributed by atoms with Crippen molar-refractivity contribution in [3.05, 3.63) is 60.3 Å². The number of hydrogen-bond donors (Lipinski definition) is 4. The van der Waals surface area contributed by atoms with E-state index in [0.717, 1.165) is 22.2 Å². The van der Waals surface area contributed by atoms with Gasteiger partial charge in [-0.2, -0.15) is 0 Å². The minimum absolute atomic E-state index is 0.517. The van der Waals surface area contributed by atoms with Gasteiger partial charge in [0.2, 0.25) is 0 Å². The lowest BCUT2D eigenvalue weighted by Crippen LogP contribution is -2.18. The molecule has 148 valence electrons. The topological polar surface area (TPSA) is 123 Å². The van der Waals surface area contributed by atoms with Crippen LogP contribution in [-0.2, 0) is 11.4 Å². The van der Waals surface area contributed by atoms with Crippen molar-refractivity contribution >= 4 is 28.2 Å². The van der Waals surface area contributed by atoms with Gasteiger partial charge in [-0.25, -0.2) is 0 Å². The number of aliphatic carboxylic acids is 1. The summed E-state index contributed by atoms with van der Waals surface area (Å²) in [6.07, 6.45) is 1.58. The average Bonchev–Trinajstić information content (AvgIpc) is 2.67. The molecule has 0 bridgehead atoms. The molecule has 1 aromatic heterocycles. The number of nitrogens with one attached hydrogen (secondary N) is 1. The molecule has 7 nitrogen and oxygen atoms in total. The van der Waals surface area contributed by atoms with Crippen LogP contribution in [-0.4, -0.2) is 16.1 Å². The summed E-state index contributed by atoms with van der Waals surface area (Å²) in [7, 11) is 0. The second kappa shape index (κ2) is 9.05. The number of nitrogens with two attached hydrogens (primary N) is 2. The van der Waals surface area contributed by atoms with Gasteiger partial charge in [-0.3, -0.25) is 15.6 Å². The highest BCUT2D eigenvalue weighted by atomic mass is 16.5. The van der Waals surface area contributed by atoms with Crippen molar-refractivity contribution in [2.45, 2.75) is 27.4 Å². The fourth-order valence-corrected chi connectivity index (χ4v) is 2.18. The van der Waals surface area contributed by atoms with Gasteiger partial charge in [0.1, 0.15) is 12.4 Å². The molecule has 0 saturated heterocycles. The van der Waals surface area contributed by atoms with Gasteiger partial charge in [0.15, 0.2) is 0 Å². The van der Waals surface area contributed by atoms with Gasteiger partial charge in [-0.15, -0.1) is 0 Å². The number of rotatable bonds is 4. The van der Waals surface area contributed by atoms with Gasteiger partial charge in [-0.05, 0) is 38.5 Å². The van der Waals surface area contributed by atoms with Crippen LogP contribution in [0.4, 0.5) is 11.4 Å². The van der Waals surface area contributed by atoms with E-state index in [4.69, 9.17) is 21.4 Å². The first kappa shape index (κ1) is 21.0. The van der Waals surface area contributed by atoms with Crippen molar-refractivity contribution in [2.24, 2.45) is 11.3 Å². The maximum atomic E-state index is 10.0. The summed E-state index contributed by atoms with van der Waals surface area (Å²) in [5.74, 6) is 5.50. The van der Waals surface area contributed by atoms with Crippen LogP contribution in [0.5, 0.6) is 5.75 Å². The zero-order chi connectivity index (χ0) is 20.7. The molecule has 0 unspecified atom stereocenters. The molecule has 7 heteroatoms. The van der Waals surface area contributed by atoms with Gasteiger partial charge in [0.05, 0.1) is 28.5 Å². The number of anilines is 2. The first-order chi connectivity index (χ1) is 13.2. The van der Waals surface area contributed by atoms with Crippen LogP contribution in [0.3, 0.4) is 0 Å². The number of carboxylic acids is 1. The summed E-state index contributed by atoms with van der Waals surface area (Å²) < 4.78 is 5.78. The number of fused-ring (bicyclic) bond motifs is 1. The van der Waals surface area contributed by atoms with Crippen LogP contribution in [0.2, 0.25) is 0 Å². The summed E-state index contributed by atoms with van der Waals surface area (Å²) >= 11 is 0. The molecule has 0 saturated carbocycles. The van der Waals surface area contributed by atoms with Crippen molar-refractivity contribution in [3.63, 3.8) is 0 Å². The maximum Gasteiger partial charge on any atom is 0.308 e. The summed E-state index contributed by atoms with van der Waals surface area (Å²) in [6, 6.07) is 15.7. The molecule has 0 aliphatic carbocycles. The number of nitrogen functional groups attached to an aromatic ring is 2. The van der Waals surface area contributed by atoms with E-state index < -0.39 is 11.4 Å². The van der Waals surface area contributed by atoms with E-state index in [1.807, 2.05) is 48.5 Å². The van der Waals surface area contributed by atoms with Gasteiger partial charge in [0.25, 0.3) is 0 Å². The van der Waals surface area contributed by atoms with Crippen molar-refractivity contribution < 1.29 is 14.6 Å². The van der Waals surface area contributed by atoms with E-state index in [-0.39, 0.29) is 0 Å². The predicted molar refractivity (Wildman–Crippen MR) is 112 cm³/mol. The highest BCUT2D eigenvalue weighted by molar-refractivity contribution is 5.97. The molecular formula is C21H26N4O3. The van der Waals surface area contributed by atoms with Gasteiger partial charge >= 0.3 is 5.97 Å². The number of carbonyl (C=O) groups is 1. The number of hydrogen-bond acceptors (Lipinski definition) is 6. The van der Waals surface area contributed by atoms with E-state index in [1.165, 1.54) is 0 Å². The van der Waals surface area contributed by atoms with Gasteiger partial charge in [-0.1, -0.05) is 30.3 Å². The quantitative estimate of drug-likeness (QED) is 0.400. The number of benzene rings is 2. The Hall–Kier alpha value is -3.32. The average molecular weight is 382 g/mol. The molecule has 0 amide bonds. The van der Waals surface area contributed by atoms with Crippen molar-refractivity contribution in [3.8, 4) is 5.75 Å².